The molecule has 0 aliphatic heterocycles. The quantitative estimate of drug-likeness (QED) is 0.543. The van der Waals surface area contributed by atoms with Crippen molar-refractivity contribution in [1.82, 2.24) is 9.38 Å². The molecule has 0 saturated carbocycles. The van der Waals surface area contributed by atoms with Gasteiger partial charge in [0, 0.05) is 23.4 Å². The zero-order valence-electron chi connectivity index (χ0n) is 12.7. The van der Waals surface area contributed by atoms with Crippen LogP contribution in [0.5, 0.6) is 0 Å². The zero-order chi connectivity index (χ0) is 16.6. The van der Waals surface area contributed by atoms with E-state index < -0.39 is 4.92 Å². The first-order valence-electron chi connectivity index (χ1n) is 7.15. The molecule has 2 heterocycles. The molecule has 0 radical (unpaired) electrons. The van der Waals surface area contributed by atoms with E-state index in [-0.39, 0.29) is 11.6 Å². The summed E-state index contributed by atoms with van der Waals surface area (Å²) in [5, 5.41) is 20.4. The molecule has 0 spiro atoms. The van der Waals surface area contributed by atoms with Gasteiger partial charge in [-0.15, -0.1) is 0 Å². The number of benzene rings is 1. The van der Waals surface area contributed by atoms with Crippen molar-refractivity contribution in [2.75, 3.05) is 0 Å². The molecule has 114 valence electrons. The third-order valence-electron chi connectivity index (χ3n) is 3.81. The Morgan fingerprint density at radius 3 is 2.74 bits per heavy atom. The molecule has 1 aromatic carbocycles. The van der Waals surface area contributed by atoms with Crippen LogP contribution in [0.25, 0.3) is 16.9 Å². The topological polar surface area (TPSA) is 84.2 Å². The molecule has 1 unspecified atom stereocenters. The Balaban J connectivity index is 2.34. The van der Waals surface area contributed by atoms with Crippen molar-refractivity contribution < 1.29 is 4.92 Å². The minimum absolute atomic E-state index is 0.00633. The summed E-state index contributed by atoms with van der Waals surface area (Å²) in [7, 11) is 0. The Morgan fingerprint density at radius 2 is 2.04 bits per heavy atom. The number of nitrogens with zero attached hydrogens (tertiary/aromatic N) is 4. The molecular formula is C17H14N4O2. The Labute approximate surface area is 132 Å². The van der Waals surface area contributed by atoms with Gasteiger partial charge in [-0.05, 0) is 26.0 Å². The fraction of sp³-hybridized carbons (Fsp3) is 0.176. The van der Waals surface area contributed by atoms with E-state index in [2.05, 4.69) is 11.1 Å². The second-order valence-corrected chi connectivity index (χ2v) is 5.36. The second kappa shape index (κ2) is 5.54. The normalized spacial score (nSPS) is 12.0. The first-order chi connectivity index (χ1) is 11.0. The molecule has 6 nitrogen and oxygen atoms in total. The molecular weight excluding hydrogens is 292 g/mol. The smallest absolute Gasteiger partial charge is 0.270 e. The maximum atomic E-state index is 11.0. The van der Waals surface area contributed by atoms with Gasteiger partial charge in [-0.25, -0.2) is 4.98 Å². The van der Waals surface area contributed by atoms with Crippen LogP contribution in [-0.2, 0) is 0 Å². The Bertz CT molecular complexity index is 953. The highest BCUT2D eigenvalue weighted by Crippen LogP contribution is 2.32. The first-order valence-corrected chi connectivity index (χ1v) is 7.15. The predicted molar refractivity (Wildman–Crippen MR) is 86.0 cm³/mol. The fourth-order valence-electron chi connectivity index (χ4n) is 2.72. The molecule has 23 heavy (non-hydrogen) atoms. The van der Waals surface area contributed by atoms with E-state index in [0.717, 1.165) is 17.0 Å². The van der Waals surface area contributed by atoms with Crippen molar-refractivity contribution in [2.45, 2.75) is 19.8 Å². The summed E-state index contributed by atoms with van der Waals surface area (Å²) in [6, 6.07) is 14.3. The molecule has 0 amide bonds. The monoisotopic (exact) mass is 306 g/mol. The Hall–Kier alpha value is -3.20. The molecule has 1 atom stereocenters. The molecule has 0 N–H and O–H groups in total. The highest BCUT2D eigenvalue weighted by atomic mass is 16.6. The Kier molecular flexibility index (Phi) is 3.54. The average Bonchev–Trinajstić information content (AvgIpc) is 2.95. The molecule has 0 bridgehead atoms. The van der Waals surface area contributed by atoms with Gasteiger partial charge in [-0.3, -0.25) is 14.5 Å². The van der Waals surface area contributed by atoms with Crippen LogP contribution in [0.15, 0.2) is 42.5 Å². The van der Waals surface area contributed by atoms with Gasteiger partial charge in [0.25, 0.3) is 5.69 Å². The average molecular weight is 306 g/mol. The number of fused-ring (bicyclic) bond motifs is 1. The number of pyridine rings is 1. The van der Waals surface area contributed by atoms with Crippen molar-refractivity contribution in [2.24, 2.45) is 0 Å². The lowest BCUT2D eigenvalue weighted by molar-refractivity contribution is -0.384. The van der Waals surface area contributed by atoms with Gasteiger partial charge in [0.05, 0.1) is 28.3 Å². The van der Waals surface area contributed by atoms with Gasteiger partial charge in [0.1, 0.15) is 5.65 Å². The largest absolute Gasteiger partial charge is 0.299 e. The number of rotatable bonds is 3. The number of hydrogen-bond donors (Lipinski definition) is 0. The lowest BCUT2D eigenvalue weighted by Gasteiger charge is -2.09. The second-order valence-electron chi connectivity index (χ2n) is 5.36. The summed E-state index contributed by atoms with van der Waals surface area (Å²) in [6.45, 7) is 3.75. The minimum Gasteiger partial charge on any atom is -0.299 e. The molecule has 0 fully saturated rings. The van der Waals surface area contributed by atoms with Crippen LogP contribution in [-0.4, -0.2) is 14.3 Å². The van der Waals surface area contributed by atoms with Crippen molar-refractivity contribution in [1.29, 1.82) is 5.26 Å². The van der Waals surface area contributed by atoms with Crippen LogP contribution in [0, 0.1) is 28.4 Å². The summed E-state index contributed by atoms with van der Waals surface area (Å²) < 4.78 is 1.93. The molecule has 0 saturated heterocycles. The number of imidazole rings is 1. The highest BCUT2D eigenvalue weighted by Gasteiger charge is 2.21. The van der Waals surface area contributed by atoms with Crippen LogP contribution in [0.1, 0.15) is 24.2 Å². The summed E-state index contributed by atoms with van der Waals surface area (Å²) in [4.78, 5) is 15.2. The SMILES string of the molecule is Cc1cccc2nc(-c3cccc([N+](=O)[O-])c3)c(C(C)C#N)n12. The maximum Gasteiger partial charge on any atom is 0.270 e. The molecule has 0 aliphatic carbocycles. The van der Waals surface area contributed by atoms with Crippen LogP contribution < -0.4 is 0 Å². The maximum absolute atomic E-state index is 11.0. The number of nitriles is 1. The van der Waals surface area contributed by atoms with E-state index in [9.17, 15) is 15.4 Å². The van der Waals surface area contributed by atoms with E-state index in [1.165, 1.54) is 12.1 Å². The van der Waals surface area contributed by atoms with E-state index in [1.807, 2.05) is 29.5 Å². The molecule has 2 aromatic heterocycles. The number of hydrogen-bond acceptors (Lipinski definition) is 4. The standard InChI is InChI=1S/C17H14N4O2/c1-11(10-18)17-16(13-6-4-7-14(9-13)21(22)23)19-15-8-3-5-12(2)20(15)17/h3-9,11H,1-2H3. The number of aryl methyl sites for hydroxylation is 1. The summed E-state index contributed by atoms with van der Waals surface area (Å²) in [5.41, 5.74) is 3.69. The van der Waals surface area contributed by atoms with E-state index in [1.54, 1.807) is 19.1 Å². The van der Waals surface area contributed by atoms with Crippen LogP contribution in [0.2, 0.25) is 0 Å². The van der Waals surface area contributed by atoms with Gasteiger partial charge in [0.15, 0.2) is 0 Å². The number of nitro benzene ring substituents is 1. The number of nitro groups is 1. The van der Waals surface area contributed by atoms with Gasteiger partial charge >= 0.3 is 0 Å². The molecule has 0 aliphatic rings. The Morgan fingerprint density at radius 1 is 1.30 bits per heavy atom. The number of aromatic nitrogens is 2. The third kappa shape index (κ3) is 2.42. The van der Waals surface area contributed by atoms with Gasteiger partial charge in [0.2, 0.25) is 0 Å². The molecule has 6 heteroatoms. The molecule has 3 rings (SSSR count). The van der Waals surface area contributed by atoms with E-state index in [0.29, 0.717) is 11.3 Å². The van der Waals surface area contributed by atoms with Crippen LogP contribution in [0.3, 0.4) is 0 Å². The third-order valence-corrected chi connectivity index (χ3v) is 3.81. The van der Waals surface area contributed by atoms with Gasteiger partial charge < -0.3 is 0 Å². The summed E-state index contributed by atoms with van der Waals surface area (Å²) in [6.07, 6.45) is 0. The highest BCUT2D eigenvalue weighted by molar-refractivity contribution is 5.70. The number of non-ortho nitro benzene ring substituents is 1. The first kappa shape index (κ1) is 14.7. The fourth-order valence-corrected chi connectivity index (χ4v) is 2.72. The van der Waals surface area contributed by atoms with Crippen molar-refractivity contribution >= 4 is 11.3 Å². The van der Waals surface area contributed by atoms with Crippen molar-refractivity contribution in [3.05, 3.63) is 64.0 Å². The van der Waals surface area contributed by atoms with Crippen LogP contribution >= 0.6 is 0 Å². The minimum atomic E-state index is -0.433. The zero-order valence-corrected chi connectivity index (χ0v) is 12.7. The molecule has 3 aromatic rings. The van der Waals surface area contributed by atoms with Crippen molar-refractivity contribution in [3.63, 3.8) is 0 Å². The van der Waals surface area contributed by atoms with E-state index in [4.69, 9.17) is 0 Å². The lowest BCUT2D eigenvalue weighted by atomic mass is 10.0. The van der Waals surface area contributed by atoms with Gasteiger partial charge in [-0.1, -0.05) is 18.2 Å². The van der Waals surface area contributed by atoms with E-state index >= 15 is 0 Å². The van der Waals surface area contributed by atoms with Crippen LogP contribution in [0.4, 0.5) is 5.69 Å². The van der Waals surface area contributed by atoms with Crippen molar-refractivity contribution in [3.8, 4) is 17.3 Å². The van der Waals surface area contributed by atoms with Gasteiger partial charge in [-0.2, -0.15) is 5.26 Å². The summed E-state index contributed by atoms with van der Waals surface area (Å²) in [5.74, 6) is -0.389. The summed E-state index contributed by atoms with van der Waals surface area (Å²) >= 11 is 0. The lowest BCUT2D eigenvalue weighted by Crippen LogP contribution is -2.01. The predicted octanol–water partition coefficient (Wildman–Crippen LogP) is 3.85.